The number of nitrogens with zero attached hydrogens (tertiary/aromatic N) is 1. The van der Waals surface area contributed by atoms with Crippen molar-refractivity contribution in [2.45, 2.75) is 34.1 Å². The van der Waals surface area contributed by atoms with Gasteiger partial charge in [0.1, 0.15) is 0 Å². The molecule has 0 radical (unpaired) electrons. The molecule has 1 heteroatoms. The van der Waals surface area contributed by atoms with Crippen molar-refractivity contribution in [3.05, 3.63) is 12.8 Å². The van der Waals surface area contributed by atoms with E-state index in [0.717, 1.165) is 11.8 Å². The maximum atomic E-state index is 3.49. The molecular formula is C11H25N. The highest BCUT2D eigenvalue weighted by molar-refractivity contribution is 4.76. The van der Waals surface area contributed by atoms with Gasteiger partial charge in [-0.05, 0) is 24.5 Å². The molecule has 1 fully saturated rings. The van der Waals surface area contributed by atoms with Crippen molar-refractivity contribution in [2.75, 3.05) is 14.1 Å². The summed E-state index contributed by atoms with van der Waals surface area (Å²) < 4.78 is 0. The second-order valence-electron chi connectivity index (χ2n) is 3.34. The summed E-state index contributed by atoms with van der Waals surface area (Å²) in [6.45, 7) is 12.1. The summed E-state index contributed by atoms with van der Waals surface area (Å²) in [6, 6.07) is 0. The van der Waals surface area contributed by atoms with Crippen LogP contribution in [0.5, 0.6) is 0 Å². The minimum absolute atomic E-state index is 1.05. The standard InChI is InChI=1S/C5H10.C4H9N.C2H6/c1-4-3-5(4)2;1-4-5(2)3;1-2/h4-5H,3H2,1-2H3;4H,1H2,2-3H3;1-2H3. The Balaban J connectivity index is 0. The molecule has 1 saturated carbocycles. The van der Waals surface area contributed by atoms with Crippen molar-refractivity contribution < 1.29 is 0 Å². The van der Waals surface area contributed by atoms with Gasteiger partial charge in [-0.3, -0.25) is 0 Å². The predicted octanol–water partition coefficient (Wildman–Crippen LogP) is 3.38. The zero-order chi connectivity index (χ0) is 10.1. The van der Waals surface area contributed by atoms with Gasteiger partial charge in [0.05, 0.1) is 0 Å². The lowest BCUT2D eigenvalue weighted by atomic mass is 10.4. The summed E-state index contributed by atoms with van der Waals surface area (Å²) >= 11 is 0. The molecule has 0 spiro atoms. The Bertz CT molecular complexity index is 91.2. The first kappa shape index (κ1) is 14.1. The second kappa shape index (κ2) is 8.63. The SMILES string of the molecule is C=CN(C)C.CC.CC1CC1C. The first-order valence-corrected chi connectivity index (χ1v) is 4.87. The van der Waals surface area contributed by atoms with Crippen LogP contribution in [0.15, 0.2) is 12.8 Å². The summed E-state index contributed by atoms with van der Waals surface area (Å²) in [5.74, 6) is 2.10. The first-order chi connectivity index (χ1) is 5.57. The Kier molecular flexibility index (Phi) is 10.1. The monoisotopic (exact) mass is 171 g/mol. The maximum absolute atomic E-state index is 3.49. The van der Waals surface area contributed by atoms with Crippen molar-refractivity contribution in [3.8, 4) is 0 Å². The molecule has 0 N–H and O–H groups in total. The van der Waals surface area contributed by atoms with Gasteiger partial charge in [-0.1, -0.05) is 34.3 Å². The largest absolute Gasteiger partial charge is 0.384 e. The fourth-order valence-corrected chi connectivity index (χ4v) is 0.508. The van der Waals surface area contributed by atoms with Gasteiger partial charge in [0.2, 0.25) is 0 Å². The molecule has 0 bridgehead atoms. The van der Waals surface area contributed by atoms with Crippen molar-refractivity contribution in [1.29, 1.82) is 0 Å². The van der Waals surface area contributed by atoms with Gasteiger partial charge in [-0.2, -0.15) is 0 Å². The molecule has 0 aromatic rings. The van der Waals surface area contributed by atoms with Crippen LogP contribution in [0.1, 0.15) is 34.1 Å². The Morgan fingerprint density at radius 1 is 1.17 bits per heavy atom. The summed E-state index contributed by atoms with van der Waals surface area (Å²) in [5.41, 5.74) is 0. The van der Waals surface area contributed by atoms with Crippen LogP contribution in [0.2, 0.25) is 0 Å². The van der Waals surface area contributed by atoms with Crippen molar-refractivity contribution in [2.24, 2.45) is 11.8 Å². The number of hydrogen-bond donors (Lipinski definition) is 0. The lowest BCUT2D eigenvalue weighted by Gasteiger charge is -1.98. The molecule has 2 atom stereocenters. The van der Waals surface area contributed by atoms with Crippen molar-refractivity contribution >= 4 is 0 Å². The van der Waals surface area contributed by atoms with E-state index in [2.05, 4.69) is 20.4 Å². The van der Waals surface area contributed by atoms with Crippen molar-refractivity contribution in [1.82, 2.24) is 4.90 Å². The fourth-order valence-electron chi connectivity index (χ4n) is 0.508. The van der Waals surface area contributed by atoms with E-state index in [1.807, 2.05) is 32.8 Å². The predicted molar refractivity (Wildman–Crippen MR) is 58.2 cm³/mol. The summed E-state index contributed by atoms with van der Waals surface area (Å²) in [5, 5.41) is 0. The van der Waals surface area contributed by atoms with Gasteiger partial charge in [0.15, 0.2) is 0 Å². The van der Waals surface area contributed by atoms with Crippen LogP contribution >= 0.6 is 0 Å². The third kappa shape index (κ3) is 12.2. The molecule has 0 aliphatic heterocycles. The molecule has 1 aliphatic rings. The van der Waals surface area contributed by atoms with Crippen molar-refractivity contribution in [3.63, 3.8) is 0 Å². The van der Waals surface area contributed by atoms with Crippen LogP contribution in [-0.4, -0.2) is 19.0 Å². The Morgan fingerprint density at radius 2 is 1.33 bits per heavy atom. The topological polar surface area (TPSA) is 3.24 Å². The van der Waals surface area contributed by atoms with Gasteiger partial charge in [-0.25, -0.2) is 0 Å². The molecule has 0 amide bonds. The molecule has 1 nitrogen and oxygen atoms in total. The minimum atomic E-state index is 1.05. The van der Waals surface area contributed by atoms with Gasteiger partial charge in [-0.15, -0.1) is 0 Å². The summed E-state index contributed by atoms with van der Waals surface area (Å²) in [6.07, 6.45) is 3.22. The smallest absolute Gasteiger partial charge is 0.00554 e. The van der Waals surface area contributed by atoms with Crippen LogP contribution in [0.3, 0.4) is 0 Å². The fraction of sp³-hybridized carbons (Fsp3) is 0.818. The van der Waals surface area contributed by atoms with Crippen LogP contribution in [0.4, 0.5) is 0 Å². The highest BCUT2D eigenvalue weighted by atomic mass is 15.0. The van der Waals surface area contributed by atoms with E-state index in [1.54, 1.807) is 6.20 Å². The van der Waals surface area contributed by atoms with Gasteiger partial charge in [0.25, 0.3) is 0 Å². The Hall–Kier alpha value is -0.460. The molecule has 0 aromatic carbocycles. The molecule has 0 heterocycles. The van der Waals surface area contributed by atoms with E-state index in [-0.39, 0.29) is 0 Å². The van der Waals surface area contributed by atoms with Crippen LogP contribution in [0, 0.1) is 11.8 Å². The zero-order valence-corrected chi connectivity index (χ0v) is 9.59. The highest BCUT2D eigenvalue weighted by Gasteiger charge is 2.26. The first-order valence-electron chi connectivity index (χ1n) is 4.87. The van der Waals surface area contributed by atoms with E-state index in [0.29, 0.717) is 0 Å². The minimum Gasteiger partial charge on any atom is -0.384 e. The maximum Gasteiger partial charge on any atom is 0.00554 e. The number of rotatable bonds is 1. The highest BCUT2D eigenvalue weighted by Crippen LogP contribution is 2.36. The molecule has 0 aromatic heterocycles. The van der Waals surface area contributed by atoms with E-state index in [9.17, 15) is 0 Å². The molecule has 2 unspecified atom stereocenters. The Morgan fingerprint density at radius 3 is 1.33 bits per heavy atom. The molecular weight excluding hydrogens is 146 g/mol. The number of hydrogen-bond acceptors (Lipinski definition) is 1. The van der Waals surface area contributed by atoms with E-state index in [1.165, 1.54) is 6.42 Å². The van der Waals surface area contributed by atoms with Gasteiger partial charge >= 0.3 is 0 Å². The van der Waals surface area contributed by atoms with E-state index < -0.39 is 0 Å². The Labute approximate surface area is 78.5 Å². The van der Waals surface area contributed by atoms with Gasteiger partial charge < -0.3 is 4.90 Å². The second-order valence-corrected chi connectivity index (χ2v) is 3.34. The van der Waals surface area contributed by atoms with E-state index >= 15 is 0 Å². The zero-order valence-electron chi connectivity index (χ0n) is 9.59. The van der Waals surface area contributed by atoms with Crippen LogP contribution in [-0.2, 0) is 0 Å². The molecule has 12 heavy (non-hydrogen) atoms. The summed E-state index contributed by atoms with van der Waals surface area (Å²) in [7, 11) is 3.88. The van der Waals surface area contributed by atoms with Gasteiger partial charge in [0, 0.05) is 14.1 Å². The normalized spacial score (nSPS) is 23.8. The quantitative estimate of drug-likeness (QED) is 0.584. The molecule has 0 saturated heterocycles. The average molecular weight is 171 g/mol. The van der Waals surface area contributed by atoms with Crippen LogP contribution in [0.25, 0.3) is 0 Å². The molecule has 1 rings (SSSR count). The third-order valence-corrected chi connectivity index (χ3v) is 1.88. The lowest BCUT2D eigenvalue weighted by Crippen LogP contribution is -1.97. The third-order valence-electron chi connectivity index (χ3n) is 1.88. The molecule has 74 valence electrons. The molecule has 1 aliphatic carbocycles. The lowest BCUT2D eigenvalue weighted by molar-refractivity contribution is 0.566. The summed E-state index contributed by atoms with van der Waals surface area (Å²) in [4.78, 5) is 1.89. The average Bonchev–Trinajstić information content (AvgIpc) is 2.70. The van der Waals surface area contributed by atoms with E-state index in [4.69, 9.17) is 0 Å². The van der Waals surface area contributed by atoms with Crippen LogP contribution < -0.4 is 0 Å².